The van der Waals surface area contributed by atoms with Crippen LogP contribution in [-0.2, 0) is 0 Å². The molecule has 0 atom stereocenters. The number of nitrogens with zero attached hydrogens (tertiary/aromatic N) is 3. The maximum Gasteiger partial charge on any atom is 0.256 e. The first kappa shape index (κ1) is 14.5. The molecular weight excluding hydrogens is 252 g/mol. The lowest BCUT2D eigenvalue weighted by atomic mass is 10.0. The average Bonchev–Trinajstić information content (AvgIpc) is 2.83. The van der Waals surface area contributed by atoms with Crippen molar-refractivity contribution < 1.29 is 4.79 Å². The van der Waals surface area contributed by atoms with Gasteiger partial charge in [0.25, 0.3) is 5.91 Å². The summed E-state index contributed by atoms with van der Waals surface area (Å²) in [5.74, 6) is 0.432. The number of carbonyl (C=O) groups excluding carboxylic acids is 1. The van der Waals surface area contributed by atoms with Gasteiger partial charge in [-0.25, -0.2) is 9.50 Å². The van der Waals surface area contributed by atoms with Crippen molar-refractivity contribution in [1.82, 2.24) is 19.9 Å². The third-order valence-electron chi connectivity index (χ3n) is 3.73. The second kappa shape index (κ2) is 6.03. The van der Waals surface area contributed by atoms with E-state index in [9.17, 15) is 4.79 Å². The van der Waals surface area contributed by atoms with Gasteiger partial charge in [-0.15, -0.1) is 0 Å². The summed E-state index contributed by atoms with van der Waals surface area (Å²) in [5, 5.41) is 7.23. The lowest BCUT2D eigenvalue weighted by Gasteiger charge is -2.12. The van der Waals surface area contributed by atoms with Gasteiger partial charge in [-0.2, -0.15) is 5.10 Å². The van der Waals surface area contributed by atoms with E-state index in [1.165, 1.54) is 0 Å². The van der Waals surface area contributed by atoms with Crippen LogP contribution in [0.2, 0.25) is 0 Å². The molecule has 1 amide bonds. The first-order valence-corrected chi connectivity index (χ1v) is 7.17. The maximum atomic E-state index is 12.3. The van der Waals surface area contributed by atoms with E-state index < -0.39 is 0 Å². The van der Waals surface area contributed by atoms with Crippen molar-refractivity contribution in [2.75, 3.05) is 6.54 Å². The number of hydrogen-bond donors (Lipinski definition) is 1. The van der Waals surface area contributed by atoms with Crippen LogP contribution < -0.4 is 5.32 Å². The number of carbonyl (C=O) groups is 1. The molecule has 0 aliphatic rings. The quantitative estimate of drug-likeness (QED) is 0.911. The molecule has 2 aromatic rings. The number of nitrogens with one attached hydrogen (secondary N) is 1. The largest absolute Gasteiger partial charge is 0.352 e. The Bertz CT molecular complexity index is 614. The van der Waals surface area contributed by atoms with E-state index in [0.717, 1.165) is 24.2 Å². The van der Waals surface area contributed by atoms with Gasteiger partial charge in [0, 0.05) is 17.9 Å². The molecule has 0 bridgehead atoms. The number of amides is 1. The van der Waals surface area contributed by atoms with Gasteiger partial charge in [0.1, 0.15) is 5.56 Å². The molecule has 0 aliphatic carbocycles. The van der Waals surface area contributed by atoms with Gasteiger partial charge in [0.2, 0.25) is 0 Å². The van der Waals surface area contributed by atoms with Crippen molar-refractivity contribution in [3.8, 4) is 0 Å². The number of rotatable bonds is 5. The first-order chi connectivity index (χ1) is 9.56. The van der Waals surface area contributed by atoms with Gasteiger partial charge in [0.05, 0.1) is 6.20 Å². The summed E-state index contributed by atoms with van der Waals surface area (Å²) < 4.78 is 1.71. The van der Waals surface area contributed by atoms with Gasteiger partial charge < -0.3 is 5.32 Å². The van der Waals surface area contributed by atoms with Crippen molar-refractivity contribution in [2.45, 2.75) is 40.5 Å². The van der Waals surface area contributed by atoms with Crippen LogP contribution in [0.3, 0.4) is 0 Å². The molecule has 0 saturated carbocycles. The smallest absolute Gasteiger partial charge is 0.256 e. The molecule has 5 nitrogen and oxygen atoms in total. The molecule has 0 radical (unpaired) electrons. The van der Waals surface area contributed by atoms with Crippen molar-refractivity contribution >= 4 is 11.6 Å². The highest BCUT2D eigenvalue weighted by atomic mass is 16.1. The zero-order valence-corrected chi connectivity index (χ0v) is 12.6. The van der Waals surface area contributed by atoms with Crippen molar-refractivity contribution in [3.63, 3.8) is 0 Å². The topological polar surface area (TPSA) is 59.3 Å². The highest BCUT2D eigenvalue weighted by Crippen LogP contribution is 2.12. The van der Waals surface area contributed by atoms with Crippen LogP contribution in [0.5, 0.6) is 0 Å². The van der Waals surface area contributed by atoms with E-state index in [1.807, 2.05) is 19.9 Å². The van der Waals surface area contributed by atoms with Crippen LogP contribution >= 0.6 is 0 Å². The highest BCUT2D eigenvalue weighted by molar-refractivity contribution is 5.99. The summed E-state index contributed by atoms with van der Waals surface area (Å²) in [6, 6.07) is 1.95. The zero-order valence-electron chi connectivity index (χ0n) is 12.6. The Labute approximate surface area is 119 Å². The fourth-order valence-electron chi connectivity index (χ4n) is 2.34. The van der Waals surface area contributed by atoms with Crippen LogP contribution in [0.15, 0.2) is 12.3 Å². The number of fused-ring (bicyclic) bond motifs is 1. The monoisotopic (exact) mass is 274 g/mol. The zero-order chi connectivity index (χ0) is 14.7. The minimum atomic E-state index is -0.0931. The van der Waals surface area contributed by atoms with Crippen LogP contribution in [-0.4, -0.2) is 27.0 Å². The summed E-state index contributed by atoms with van der Waals surface area (Å²) in [5.41, 5.74) is 3.04. The van der Waals surface area contributed by atoms with Crippen LogP contribution in [0.1, 0.15) is 48.4 Å². The Balaban J connectivity index is 2.22. The van der Waals surface area contributed by atoms with Crippen LogP contribution in [0, 0.1) is 19.8 Å². The molecule has 0 fully saturated rings. The van der Waals surface area contributed by atoms with E-state index in [4.69, 9.17) is 0 Å². The number of hydrogen-bond acceptors (Lipinski definition) is 3. The summed E-state index contributed by atoms with van der Waals surface area (Å²) in [7, 11) is 0. The van der Waals surface area contributed by atoms with Gasteiger partial charge in [-0.1, -0.05) is 26.7 Å². The second-order valence-corrected chi connectivity index (χ2v) is 5.23. The first-order valence-electron chi connectivity index (χ1n) is 7.17. The van der Waals surface area contributed by atoms with Gasteiger partial charge >= 0.3 is 0 Å². The minimum absolute atomic E-state index is 0.0931. The average molecular weight is 274 g/mol. The van der Waals surface area contributed by atoms with E-state index >= 15 is 0 Å². The summed E-state index contributed by atoms with van der Waals surface area (Å²) in [6.07, 6.45) is 3.74. The van der Waals surface area contributed by atoms with E-state index in [2.05, 4.69) is 29.2 Å². The standard InChI is InChI=1S/C15H22N4O/c1-5-12(6-2)8-16-15(20)13-9-17-19-11(4)7-10(3)18-14(13)19/h7,9,12H,5-6,8H2,1-4H3,(H,16,20). The molecule has 108 valence electrons. The lowest BCUT2D eigenvalue weighted by molar-refractivity contribution is 0.0948. The SMILES string of the molecule is CCC(CC)CNC(=O)c1cnn2c(C)cc(C)nc12. The molecule has 5 heteroatoms. The Morgan fingerprint density at radius 2 is 2.05 bits per heavy atom. The normalized spacial score (nSPS) is 11.2. The molecule has 1 N–H and O–H groups in total. The molecule has 2 aromatic heterocycles. The molecule has 0 aliphatic heterocycles. The van der Waals surface area contributed by atoms with E-state index in [0.29, 0.717) is 23.7 Å². The molecule has 0 unspecified atom stereocenters. The Morgan fingerprint density at radius 3 is 2.70 bits per heavy atom. The molecule has 0 spiro atoms. The second-order valence-electron chi connectivity index (χ2n) is 5.23. The summed E-state index contributed by atoms with van der Waals surface area (Å²) >= 11 is 0. The molecule has 2 rings (SSSR count). The molecule has 0 aromatic carbocycles. The predicted octanol–water partition coefficient (Wildman–Crippen LogP) is 2.51. The fraction of sp³-hybridized carbons (Fsp3) is 0.533. The van der Waals surface area contributed by atoms with Crippen LogP contribution in [0.4, 0.5) is 0 Å². The summed E-state index contributed by atoms with van der Waals surface area (Å²) in [4.78, 5) is 16.7. The van der Waals surface area contributed by atoms with Gasteiger partial charge in [-0.3, -0.25) is 4.79 Å². The van der Waals surface area contributed by atoms with Gasteiger partial charge in [-0.05, 0) is 25.8 Å². The third kappa shape index (κ3) is 2.81. The Kier molecular flexibility index (Phi) is 4.37. The maximum absolute atomic E-state index is 12.3. The third-order valence-corrected chi connectivity index (χ3v) is 3.73. The van der Waals surface area contributed by atoms with Crippen molar-refractivity contribution in [1.29, 1.82) is 0 Å². The molecular formula is C15H22N4O. The molecule has 0 saturated heterocycles. The Hall–Kier alpha value is -1.91. The van der Waals surface area contributed by atoms with Crippen LogP contribution in [0.25, 0.3) is 5.65 Å². The van der Waals surface area contributed by atoms with E-state index in [-0.39, 0.29) is 5.91 Å². The minimum Gasteiger partial charge on any atom is -0.352 e. The lowest BCUT2D eigenvalue weighted by Crippen LogP contribution is -2.29. The predicted molar refractivity (Wildman–Crippen MR) is 78.9 cm³/mol. The van der Waals surface area contributed by atoms with E-state index in [1.54, 1.807) is 10.7 Å². The summed E-state index contributed by atoms with van der Waals surface area (Å²) in [6.45, 7) is 8.87. The highest BCUT2D eigenvalue weighted by Gasteiger charge is 2.16. The fourth-order valence-corrected chi connectivity index (χ4v) is 2.34. The Morgan fingerprint density at radius 1 is 1.35 bits per heavy atom. The molecule has 2 heterocycles. The number of aromatic nitrogens is 3. The molecule has 20 heavy (non-hydrogen) atoms. The van der Waals surface area contributed by atoms with Crippen molar-refractivity contribution in [3.05, 3.63) is 29.2 Å². The van der Waals surface area contributed by atoms with Gasteiger partial charge in [0.15, 0.2) is 5.65 Å². The van der Waals surface area contributed by atoms with Crippen molar-refractivity contribution in [2.24, 2.45) is 5.92 Å². The number of aryl methyl sites for hydroxylation is 2.